The van der Waals surface area contributed by atoms with Crippen molar-refractivity contribution in [3.8, 4) is 0 Å². The molecule has 6 nitrogen and oxygen atoms in total. The van der Waals surface area contributed by atoms with Crippen molar-refractivity contribution in [3.05, 3.63) is 47.5 Å². The molecule has 7 heteroatoms. The molecule has 0 atom stereocenters. The lowest BCUT2D eigenvalue weighted by Crippen LogP contribution is -2.24. The van der Waals surface area contributed by atoms with Crippen LogP contribution in [0.2, 0.25) is 0 Å². The first-order valence-electron chi connectivity index (χ1n) is 7.13. The van der Waals surface area contributed by atoms with Crippen LogP contribution in [-0.2, 0) is 21.0 Å². The molecule has 0 aliphatic carbocycles. The van der Waals surface area contributed by atoms with Crippen molar-refractivity contribution in [2.75, 3.05) is 12.2 Å². The molecule has 1 aromatic heterocycles. The van der Waals surface area contributed by atoms with Crippen LogP contribution in [-0.4, -0.2) is 23.0 Å². The molecule has 122 valence electrons. The highest BCUT2D eigenvalue weighted by atomic mass is 19.1. The summed E-state index contributed by atoms with van der Waals surface area (Å²) in [4.78, 5) is 25.6. The smallest absolute Gasteiger partial charge is 0.332 e. The summed E-state index contributed by atoms with van der Waals surface area (Å²) in [5, 5.41) is 1.13. The molecule has 23 heavy (non-hydrogen) atoms. The minimum atomic E-state index is -0.479. The zero-order chi connectivity index (χ0) is 16.8. The predicted octanol–water partition coefficient (Wildman–Crippen LogP) is 3.08. The lowest BCUT2D eigenvalue weighted by molar-refractivity contribution is -0.143. The van der Waals surface area contributed by atoms with Gasteiger partial charge in [0.15, 0.2) is 0 Å². The number of hydrogen-bond acceptors (Lipinski definition) is 6. The van der Waals surface area contributed by atoms with Gasteiger partial charge in [-0.15, -0.1) is 5.06 Å². The highest BCUT2D eigenvalue weighted by Gasteiger charge is 2.19. The summed E-state index contributed by atoms with van der Waals surface area (Å²) in [6.07, 6.45) is 0.169. The van der Waals surface area contributed by atoms with Crippen LogP contribution in [0.25, 0.3) is 0 Å². The predicted molar refractivity (Wildman–Crippen MR) is 82.4 cm³/mol. The first-order valence-corrected chi connectivity index (χ1v) is 7.13. The van der Waals surface area contributed by atoms with E-state index in [0.717, 1.165) is 5.06 Å². The number of nitrogens with zero attached hydrogens (tertiary/aromatic N) is 3. The number of carbonyl (C=O) groups excluding carboxylic acids is 1. The van der Waals surface area contributed by atoms with Gasteiger partial charge in [-0.05, 0) is 25.1 Å². The number of aromatic nitrogens is 2. The number of hydrogen-bond donors (Lipinski definition) is 0. The number of carbonyl (C=O) groups is 1. The number of aryl methyl sites for hydroxylation is 1. The molecule has 0 spiro atoms. The van der Waals surface area contributed by atoms with Gasteiger partial charge in [-0.1, -0.05) is 13.0 Å². The lowest BCUT2D eigenvalue weighted by atomic mass is 10.3. The summed E-state index contributed by atoms with van der Waals surface area (Å²) in [6, 6.07) is 7.43. The Morgan fingerprint density at radius 2 is 2.09 bits per heavy atom. The summed E-state index contributed by atoms with van der Waals surface area (Å²) in [5.41, 5.74) is 1.63. The highest BCUT2D eigenvalue weighted by Crippen LogP contribution is 2.24. The zero-order valence-electron chi connectivity index (χ0n) is 13.2. The maximum Gasteiger partial charge on any atom is 0.332 e. The third-order valence-electron chi connectivity index (χ3n) is 2.89. The topological polar surface area (TPSA) is 64.5 Å². The maximum absolute atomic E-state index is 13.5. The van der Waals surface area contributed by atoms with Gasteiger partial charge in [-0.3, -0.25) is 0 Å². The molecule has 0 aliphatic rings. The molecule has 0 bridgehead atoms. The average molecular weight is 319 g/mol. The highest BCUT2D eigenvalue weighted by molar-refractivity contribution is 5.72. The van der Waals surface area contributed by atoms with E-state index in [1.165, 1.54) is 18.2 Å². The fourth-order valence-electron chi connectivity index (χ4n) is 1.91. The van der Waals surface area contributed by atoms with Crippen molar-refractivity contribution < 1.29 is 18.8 Å². The van der Waals surface area contributed by atoms with Crippen LogP contribution in [0.1, 0.15) is 24.7 Å². The second-order valence-electron chi connectivity index (χ2n) is 4.82. The van der Waals surface area contributed by atoms with E-state index >= 15 is 0 Å². The van der Waals surface area contributed by atoms with Crippen LogP contribution >= 0.6 is 0 Å². The van der Waals surface area contributed by atoms with Crippen LogP contribution in [0.3, 0.4) is 0 Å². The van der Waals surface area contributed by atoms with Crippen molar-refractivity contribution in [1.82, 2.24) is 9.97 Å². The Kier molecular flexibility index (Phi) is 5.59. The van der Waals surface area contributed by atoms with Gasteiger partial charge in [0.05, 0.1) is 18.0 Å². The van der Waals surface area contributed by atoms with Gasteiger partial charge in [-0.25, -0.2) is 19.2 Å². The number of halogens is 1. The molecule has 0 saturated carbocycles. The Morgan fingerprint density at radius 1 is 1.30 bits per heavy atom. The molecule has 0 aliphatic heterocycles. The minimum absolute atomic E-state index is 0.143. The maximum atomic E-state index is 13.5. The number of methoxy groups -OCH3 is 1. The van der Waals surface area contributed by atoms with Gasteiger partial charge in [0.2, 0.25) is 0 Å². The van der Waals surface area contributed by atoms with Crippen LogP contribution in [0.15, 0.2) is 30.3 Å². The number of ether oxygens (including phenoxy) is 1. The number of benzene rings is 1. The van der Waals surface area contributed by atoms with Crippen LogP contribution in [0.4, 0.5) is 16.0 Å². The Morgan fingerprint density at radius 3 is 2.74 bits per heavy atom. The molecule has 0 fully saturated rings. The van der Waals surface area contributed by atoms with Gasteiger partial charge in [0, 0.05) is 25.3 Å². The third kappa shape index (κ3) is 4.46. The number of rotatable bonds is 6. The van der Waals surface area contributed by atoms with Crippen LogP contribution < -0.4 is 5.06 Å². The van der Waals surface area contributed by atoms with Crippen molar-refractivity contribution in [2.24, 2.45) is 0 Å². The van der Waals surface area contributed by atoms with E-state index in [-0.39, 0.29) is 19.0 Å². The molecule has 2 aromatic rings. The molecule has 0 N–H and O–H groups in total. The fourth-order valence-corrected chi connectivity index (χ4v) is 1.91. The van der Waals surface area contributed by atoms with Gasteiger partial charge in [0.25, 0.3) is 5.95 Å². The van der Waals surface area contributed by atoms with Crippen molar-refractivity contribution in [3.63, 3.8) is 0 Å². The molecule has 0 amide bonds. The molecule has 0 unspecified atom stereocenters. The van der Waals surface area contributed by atoms with E-state index in [1.54, 1.807) is 33.1 Å². The Bertz CT molecular complexity index is 694. The van der Waals surface area contributed by atoms with Gasteiger partial charge in [0.1, 0.15) is 5.82 Å². The monoisotopic (exact) mass is 319 g/mol. The Hall–Kier alpha value is -2.54. The second kappa shape index (κ2) is 7.64. The summed E-state index contributed by atoms with van der Waals surface area (Å²) in [6.45, 7) is 3.74. The molecular weight excluding hydrogens is 301 g/mol. The van der Waals surface area contributed by atoms with Crippen LogP contribution in [0.5, 0.6) is 0 Å². The van der Waals surface area contributed by atoms with E-state index in [9.17, 15) is 9.18 Å². The summed E-state index contributed by atoms with van der Waals surface area (Å²) >= 11 is 0. The first kappa shape index (κ1) is 16.8. The fraction of sp³-hybridized carbons (Fsp3) is 0.312. The van der Waals surface area contributed by atoms with E-state index in [4.69, 9.17) is 9.57 Å². The van der Waals surface area contributed by atoms with E-state index in [2.05, 4.69) is 9.97 Å². The minimum Gasteiger partial charge on any atom is -0.378 e. The van der Waals surface area contributed by atoms with Gasteiger partial charge < -0.3 is 9.57 Å². The van der Waals surface area contributed by atoms with E-state index in [0.29, 0.717) is 17.1 Å². The molecule has 1 aromatic carbocycles. The van der Waals surface area contributed by atoms with Crippen molar-refractivity contribution in [2.45, 2.75) is 26.9 Å². The lowest BCUT2D eigenvalue weighted by Gasteiger charge is -2.21. The van der Waals surface area contributed by atoms with Gasteiger partial charge in [-0.2, -0.15) is 0 Å². The molecular formula is C16H18FN3O3. The van der Waals surface area contributed by atoms with E-state index < -0.39 is 11.8 Å². The van der Waals surface area contributed by atoms with E-state index in [1.807, 2.05) is 0 Å². The largest absolute Gasteiger partial charge is 0.378 e. The normalized spacial score (nSPS) is 10.4. The Balaban J connectivity index is 2.46. The molecule has 0 radical (unpaired) electrons. The molecule has 2 rings (SSSR count). The number of anilines is 2. The van der Waals surface area contributed by atoms with Crippen LogP contribution in [0, 0.1) is 12.7 Å². The summed E-state index contributed by atoms with van der Waals surface area (Å²) < 4.78 is 18.6. The van der Waals surface area contributed by atoms with Crippen molar-refractivity contribution in [1.29, 1.82) is 0 Å². The van der Waals surface area contributed by atoms with Gasteiger partial charge >= 0.3 is 5.97 Å². The average Bonchev–Trinajstić information content (AvgIpc) is 2.52. The molecule has 0 saturated heterocycles. The quantitative estimate of drug-likeness (QED) is 0.762. The molecule has 1 heterocycles. The summed E-state index contributed by atoms with van der Waals surface area (Å²) in [5.74, 6) is -0.790. The Labute approximate surface area is 133 Å². The zero-order valence-corrected chi connectivity index (χ0v) is 13.2. The SMILES string of the molecule is CCC(=O)ON(c1cccc(F)c1)c1nc(C)cc(COC)n1. The third-order valence-corrected chi connectivity index (χ3v) is 2.89. The second-order valence-corrected chi connectivity index (χ2v) is 4.82. The summed E-state index contributed by atoms with van der Waals surface area (Å²) in [7, 11) is 1.55. The standard InChI is InChI=1S/C16H18FN3O3/c1-4-15(21)23-20(14-7-5-6-12(17)9-14)16-18-11(2)8-13(19-16)10-22-3/h5-9H,4,10H2,1-3H3. The van der Waals surface area contributed by atoms with Crippen molar-refractivity contribution >= 4 is 17.6 Å². The first-order chi connectivity index (χ1) is 11.0.